The maximum Gasteiger partial charge on any atom is 0.327 e. The molecule has 0 spiro atoms. The van der Waals surface area contributed by atoms with Gasteiger partial charge < -0.3 is 10.2 Å². The normalized spacial score (nSPS) is 37.1. The highest BCUT2D eigenvalue weighted by Crippen LogP contribution is 2.52. The Kier molecular flexibility index (Phi) is 7.20. The van der Waals surface area contributed by atoms with Crippen molar-refractivity contribution in [3.8, 4) is 0 Å². The topological polar surface area (TPSA) is 74.6 Å². The van der Waals surface area contributed by atoms with Gasteiger partial charge in [0.2, 0.25) is 0 Å². The Balaban J connectivity index is 1.58. The maximum atomic E-state index is 12.6. The lowest BCUT2D eigenvalue weighted by molar-refractivity contribution is -0.148. The largest absolute Gasteiger partial charge is 0.481 e. The first-order valence-electron chi connectivity index (χ1n) is 12.7. The molecule has 4 fully saturated rings. The van der Waals surface area contributed by atoms with Crippen molar-refractivity contribution in [2.75, 3.05) is 0 Å². The van der Waals surface area contributed by atoms with Gasteiger partial charge in [0.25, 0.3) is 0 Å². The Morgan fingerprint density at radius 3 is 2.07 bits per heavy atom. The van der Waals surface area contributed by atoms with E-state index in [9.17, 15) is 19.8 Å². The molecule has 2 N–H and O–H groups in total. The lowest BCUT2D eigenvalue weighted by Gasteiger charge is -2.44. The Morgan fingerprint density at radius 2 is 1.40 bits per heavy atom. The highest BCUT2D eigenvalue weighted by molar-refractivity contribution is 5.80. The number of rotatable bonds is 7. The number of hydrogen-bond donors (Lipinski definition) is 2. The van der Waals surface area contributed by atoms with Crippen molar-refractivity contribution in [2.24, 2.45) is 47.3 Å². The van der Waals surface area contributed by atoms with E-state index in [-0.39, 0.29) is 11.8 Å². The molecule has 168 valence electrons. The predicted octanol–water partition coefficient (Wildman–Crippen LogP) is 6.16. The first-order valence-corrected chi connectivity index (χ1v) is 12.7. The van der Waals surface area contributed by atoms with Crippen LogP contribution in [-0.2, 0) is 9.59 Å². The molecule has 4 aliphatic carbocycles. The van der Waals surface area contributed by atoms with Crippen LogP contribution in [0.15, 0.2) is 12.2 Å². The third-order valence-electron chi connectivity index (χ3n) is 9.37. The molecule has 0 saturated heterocycles. The lowest BCUT2D eigenvalue weighted by Crippen LogP contribution is -2.40. The smallest absolute Gasteiger partial charge is 0.327 e. The zero-order valence-electron chi connectivity index (χ0n) is 18.4. The average Bonchev–Trinajstić information content (AvgIpc) is 3.41. The van der Waals surface area contributed by atoms with Crippen molar-refractivity contribution >= 4 is 11.9 Å². The van der Waals surface area contributed by atoms with Crippen molar-refractivity contribution in [1.29, 1.82) is 0 Å². The fraction of sp³-hybridized carbons (Fsp3) is 0.846. The first-order chi connectivity index (χ1) is 14.5. The Bertz CT molecular complexity index is 635. The molecule has 7 atom stereocenters. The summed E-state index contributed by atoms with van der Waals surface area (Å²) in [6.45, 7) is 0. The van der Waals surface area contributed by atoms with Crippen LogP contribution in [0.2, 0.25) is 0 Å². The molecule has 4 rings (SSSR count). The van der Waals surface area contributed by atoms with Gasteiger partial charge in [-0.05, 0) is 73.5 Å². The van der Waals surface area contributed by atoms with Gasteiger partial charge in [-0.25, -0.2) is 4.79 Å². The van der Waals surface area contributed by atoms with E-state index >= 15 is 0 Å². The van der Waals surface area contributed by atoms with E-state index in [0.29, 0.717) is 17.8 Å². The standard InChI is InChI=1S/C26H40O4/c27-24(28)15-14-23(22-11-5-10-21(22)18-7-2-3-8-18)25(26(29)30)20-13-12-17-6-1-4-9-19(17)16-20/h14-15,17-23,25H,1-13,16H2,(H,27,28)(H,29,30)/b15-14+. The highest BCUT2D eigenvalue weighted by Gasteiger charge is 2.47. The Morgan fingerprint density at radius 1 is 0.733 bits per heavy atom. The second-order valence-electron chi connectivity index (χ2n) is 10.8. The number of hydrogen-bond acceptors (Lipinski definition) is 2. The van der Waals surface area contributed by atoms with Crippen LogP contribution in [0.1, 0.15) is 89.9 Å². The van der Waals surface area contributed by atoms with E-state index in [4.69, 9.17) is 0 Å². The van der Waals surface area contributed by atoms with E-state index in [1.165, 1.54) is 76.7 Å². The third-order valence-corrected chi connectivity index (χ3v) is 9.37. The van der Waals surface area contributed by atoms with Crippen LogP contribution in [0.4, 0.5) is 0 Å². The van der Waals surface area contributed by atoms with E-state index in [0.717, 1.165) is 31.1 Å². The quantitative estimate of drug-likeness (QED) is 0.488. The summed E-state index contributed by atoms with van der Waals surface area (Å²) in [5, 5.41) is 19.7. The molecule has 30 heavy (non-hydrogen) atoms. The SMILES string of the molecule is O=C(O)/C=C/C(C1CCCC1C1CCCC1)C(C(=O)O)C1CCC2CCCCC2C1. The van der Waals surface area contributed by atoms with Gasteiger partial charge in [0.15, 0.2) is 0 Å². The van der Waals surface area contributed by atoms with E-state index in [1.54, 1.807) is 6.08 Å². The van der Waals surface area contributed by atoms with Crippen LogP contribution in [0.3, 0.4) is 0 Å². The fourth-order valence-corrected chi connectivity index (χ4v) is 8.10. The van der Waals surface area contributed by atoms with E-state index in [2.05, 4.69) is 0 Å². The summed E-state index contributed by atoms with van der Waals surface area (Å²) in [5.74, 6) is 1.16. The molecule has 4 nitrogen and oxygen atoms in total. The molecule has 0 bridgehead atoms. The van der Waals surface area contributed by atoms with Gasteiger partial charge in [-0.3, -0.25) is 4.79 Å². The molecule has 0 aliphatic heterocycles. The molecule has 7 unspecified atom stereocenters. The van der Waals surface area contributed by atoms with Gasteiger partial charge >= 0.3 is 11.9 Å². The fourth-order valence-electron chi connectivity index (χ4n) is 8.10. The monoisotopic (exact) mass is 416 g/mol. The molecule has 0 radical (unpaired) electrons. The molecule has 0 amide bonds. The number of carboxylic acids is 2. The lowest BCUT2D eigenvalue weighted by atomic mass is 9.60. The van der Waals surface area contributed by atoms with Crippen LogP contribution in [0.25, 0.3) is 0 Å². The van der Waals surface area contributed by atoms with Gasteiger partial charge in [0.05, 0.1) is 5.92 Å². The van der Waals surface area contributed by atoms with Crippen molar-refractivity contribution in [1.82, 2.24) is 0 Å². The van der Waals surface area contributed by atoms with Crippen molar-refractivity contribution in [3.05, 3.63) is 12.2 Å². The molecule has 0 aromatic rings. The number of carboxylic acid groups (broad SMARTS) is 2. The highest BCUT2D eigenvalue weighted by atomic mass is 16.4. The van der Waals surface area contributed by atoms with Crippen LogP contribution in [0.5, 0.6) is 0 Å². The van der Waals surface area contributed by atoms with Crippen LogP contribution < -0.4 is 0 Å². The van der Waals surface area contributed by atoms with Crippen molar-refractivity contribution in [3.63, 3.8) is 0 Å². The zero-order valence-corrected chi connectivity index (χ0v) is 18.4. The van der Waals surface area contributed by atoms with Crippen LogP contribution in [0, 0.1) is 47.3 Å². The molecular formula is C26H40O4. The van der Waals surface area contributed by atoms with Gasteiger partial charge in [0, 0.05) is 6.08 Å². The maximum absolute atomic E-state index is 12.6. The Hall–Kier alpha value is -1.32. The number of allylic oxidation sites excluding steroid dienone is 1. The number of aliphatic carboxylic acids is 2. The summed E-state index contributed by atoms with van der Waals surface area (Å²) in [4.78, 5) is 24.0. The number of carbonyl (C=O) groups is 2. The van der Waals surface area contributed by atoms with Gasteiger partial charge in [0.1, 0.15) is 0 Å². The molecule has 4 saturated carbocycles. The third kappa shape index (κ3) is 4.78. The van der Waals surface area contributed by atoms with E-state index in [1.807, 2.05) is 0 Å². The molecule has 0 heterocycles. The minimum Gasteiger partial charge on any atom is -0.481 e. The summed E-state index contributed by atoms with van der Waals surface area (Å²) in [6.07, 6.45) is 20.1. The molecular weight excluding hydrogens is 376 g/mol. The van der Waals surface area contributed by atoms with Gasteiger partial charge in [-0.15, -0.1) is 0 Å². The second kappa shape index (κ2) is 9.87. The van der Waals surface area contributed by atoms with Gasteiger partial charge in [-0.1, -0.05) is 63.9 Å². The van der Waals surface area contributed by atoms with Crippen LogP contribution >= 0.6 is 0 Å². The van der Waals surface area contributed by atoms with Crippen molar-refractivity contribution in [2.45, 2.75) is 89.9 Å². The van der Waals surface area contributed by atoms with Crippen LogP contribution in [-0.4, -0.2) is 22.2 Å². The van der Waals surface area contributed by atoms with E-state index < -0.39 is 17.9 Å². The minimum atomic E-state index is -0.949. The average molecular weight is 417 g/mol. The Labute approximate surface area is 181 Å². The first kappa shape index (κ1) is 21.9. The molecule has 0 aromatic heterocycles. The van der Waals surface area contributed by atoms with Crippen molar-refractivity contribution < 1.29 is 19.8 Å². The summed E-state index contributed by atoms with van der Waals surface area (Å²) in [5.41, 5.74) is 0. The summed E-state index contributed by atoms with van der Waals surface area (Å²) in [7, 11) is 0. The molecule has 4 aliphatic rings. The second-order valence-corrected chi connectivity index (χ2v) is 10.8. The molecule has 4 heteroatoms. The summed E-state index contributed by atoms with van der Waals surface area (Å²) < 4.78 is 0. The van der Waals surface area contributed by atoms with Gasteiger partial charge in [-0.2, -0.15) is 0 Å². The minimum absolute atomic E-state index is 0.128. The summed E-state index contributed by atoms with van der Waals surface area (Å²) in [6, 6.07) is 0. The summed E-state index contributed by atoms with van der Waals surface area (Å²) >= 11 is 0. The number of fused-ring (bicyclic) bond motifs is 1. The molecule has 0 aromatic carbocycles. The zero-order chi connectivity index (χ0) is 21.1. The predicted molar refractivity (Wildman–Crippen MR) is 117 cm³/mol.